The van der Waals surface area contributed by atoms with Gasteiger partial charge in [-0.3, -0.25) is 4.90 Å². The van der Waals surface area contributed by atoms with Gasteiger partial charge in [0.1, 0.15) is 0 Å². The molecule has 2 saturated heterocycles. The summed E-state index contributed by atoms with van der Waals surface area (Å²) in [5.74, 6) is 0. The molecule has 156 valence electrons. The zero-order valence-electron chi connectivity index (χ0n) is 17.9. The summed E-state index contributed by atoms with van der Waals surface area (Å²) < 4.78 is 0. The molecule has 1 N–H and O–H groups in total. The monoisotopic (exact) mass is 393 g/mol. The van der Waals surface area contributed by atoms with Crippen LogP contribution in [0.1, 0.15) is 24.8 Å². The normalized spacial score (nSPS) is 22.2. The van der Waals surface area contributed by atoms with Gasteiger partial charge in [0, 0.05) is 57.1 Å². The molecule has 0 radical (unpaired) electrons. The largest absolute Gasteiger partial charge is 0.396 e. The maximum absolute atomic E-state index is 9.36. The van der Waals surface area contributed by atoms with Crippen molar-refractivity contribution >= 4 is 5.69 Å². The number of hydrogen-bond acceptors (Lipinski definition) is 4. The molecule has 0 aromatic heterocycles. The molecule has 0 bridgehead atoms. The minimum absolute atomic E-state index is 0.290. The SMILES string of the molecule is Cc1ccccc1-c1cccc(N2CCC(N3CCN(C)[C@H](CCO)C3)CC2)c1. The summed E-state index contributed by atoms with van der Waals surface area (Å²) in [6.07, 6.45) is 3.34. The van der Waals surface area contributed by atoms with E-state index in [2.05, 4.69) is 77.2 Å². The van der Waals surface area contributed by atoms with E-state index >= 15 is 0 Å². The van der Waals surface area contributed by atoms with Gasteiger partial charge in [-0.15, -0.1) is 0 Å². The second-order valence-electron chi connectivity index (χ2n) is 8.73. The van der Waals surface area contributed by atoms with Gasteiger partial charge in [-0.25, -0.2) is 0 Å². The van der Waals surface area contributed by atoms with Crippen LogP contribution in [0.4, 0.5) is 5.69 Å². The van der Waals surface area contributed by atoms with Crippen LogP contribution in [0.3, 0.4) is 0 Å². The van der Waals surface area contributed by atoms with Crippen molar-refractivity contribution in [3.63, 3.8) is 0 Å². The molecular weight excluding hydrogens is 358 g/mol. The Morgan fingerprint density at radius 1 is 0.966 bits per heavy atom. The number of aliphatic hydroxyl groups excluding tert-OH is 1. The van der Waals surface area contributed by atoms with E-state index in [-0.39, 0.29) is 0 Å². The first kappa shape index (κ1) is 20.4. The van der Waals surface area contributed by atoms with Gasteiger partial charge >= 0.3 is 0 Å². The van der Waals surface area contributed by atoms with Gasteiger partial charge < -0.3 is 14.9 Å². The fraction of sp³-hybridized carbons (Fsp3) is 0.520. The predicted molar refractivity (Wildman–Crippen MR) is 122 cm³/mol. The summed E-state index contributed by atoms with van der Waals surface area (Å²) in [6.45, 7) is 8.10. The lowest BCUT2D eigenvalue weighted by Gasteiger charge is -2.45. The maximum Gasteiger partial charge on any atom is 0.0446 e. The molecule has 4 rings (SSSR count). The number of nitrogens with zero attached hydrogens (tertiary/aromatic N) is 3. The van der Waals surface area contributed by atoms with Crippen molar-refractivity contribution in [3.05, 3.63) is 54.1 Å². The molecule has 0 spiro atoms. The quantitative estimate of drug-likeness (QED) is 0.840. The van der Waals surface area contributed by atoms with Crippen LogP contribution >= 0.6 is 0 Å². The molecule has 2 fully saturated rings. The lowest BCUT2D eigenvalue weighted by Crippen LogP contribution is -2.56. The lowest BCUT2D eigenvalue weighted by molar-refractivity contribution is 0.0446. The topological polar surface area (TPSA) is 30.0 Å². The first-order valence-electron chi connectivity index (χ1n) is 11.1. The fourth-order valence-corrected chi connectivity index (χ4v) is 5.02. The second kappa shape index (κ2) is 9.29. The van der Waals surface area contributed by atoms with Crippen molar-refractivity contribution in [2.24, 2.45) is 0 Å². The van der Waals surface area contributed by atoms with E-state index in [1.807, 2.05) is 0 Å². The van der Waals surface area contributed by atoms with Crippen LogP contribution in [0.25, 0.3) is 11.1 Å². The Labute approximate surface area is 175 Å². The van der Waals surface area contributed by atoms with Gasteiger partial charge in [-0.1, -0.05) is 36.4 Å². The minimum atomic E-state index is 0.290. The van der Waals surface area contributed by atoms with Crippen LogP contribution in [-0.2, 0) is 0 Å². The second-order valence-corrected chi connectivity index (χ2v) is 8.73. The molecule has 1 atom stereocenters. The highest BCUT2D eigenvalue weighted by Gasteiger charge is 2.30. The number of piperidine rings is 1. The van der Waals surface area contributed by atoms with Crippen molar-refractivity contribution in [1.82, 2.24) is 9.80 Å². The van der Waals surface area contributed by atoms with Crippen molar-refractivity contribution in [3.8, 4) is 11.1 Å². The molecule has 2 aromatic rings. The maximum atomic E-state index is 9.36. The summed E-state index contributed by atoms with van der Waals surface area (Å²) in [5.41, 5.74) is 5.32. The van der Waals surface area contributed by atoms with Crippen LogP contribution in [0.5, 0.6) is 0 Å². The minimum Gasteiger partial charge on any atom is -0.396 e. The molecule has 0 unspecified atom stereocenters. The van der Waals surface area contributed by atoms with E-state index < -0.39 is 0 Å². The Morgan fingerprint density at radius 3 is 2.52 bits per heavy atom. The van der Waals surface area contributed by atoms with Crippen molar-refractivity contribution in [2.45, 2.75) is 38.3 Å². The van der Waals surface area contributed by atoms with E-state index in [1.165, 1.54) is 35.2 Å². The third-order valence-electron chi connectivity index (χ3n) is 6.92. The molecule has 2 aromatic carbocycles. The molecule has 2 aliphatic rings. The summed E-state index contributed by atoms with van der Waals surface area (Å²) in [5, 5.41) is 9.36. The number of piperazine rings is 1. The van der Waals surface area contributed by atoms with Crippen LogP contribution in [-0.4, -0.2) is 73.4 Å². The molecule has 0 amide bonds. The standard InChI is InChI=1S/C25H35N3O/c1-20-6-3-4-9-25(20)21-7-5-8-23(18-21)27-13-10-22(11-14-27)28-16-15-26(2)24(19-28)12-17-29/h3-9,18,22,24,29H,10-17,19H2,1-2H3/t24-/m1/s1. The number of rotatable bonds is 5. The van der Waals surface area contributed by atoms with Crippen molar-refractivity contribution < 1.29 is 5.11 Å². The Kier molecular flexibility index (Phi) is 6.53. The van der Waals surface area contributed by atoms with Gasteiger partial charge in [0.05, 0.1) is 0 Å². The molecule has 4 nitrogen and oxygen atoms in total. The Balaban J connectivity index is 1.39. The molecule has 0 saturated carbocycles. The number of aliphatic hydroxyl groups is 1. The number of benzene rings is 2. The summed E-state index contributed by atoms with van der Waals surface area (Å²) in [7, 11) is 2.20. The van der Waals surface area contributed by atoms with Gasteiger partial charge in [-0.05, 0) is 62.1 Å². The lowest BCUT2D eigenvalue weighted by atomic mass is 9.97. The molecule has 29 heavy (non-hydrogen) atoms. The first-order valence-corrected chi connectivity index (χ1v) is 11.1. The molecule has 0 aliphatic carbocycles. The summed E-state index contributed by atoms with van der Waals surface area (Å²) >= 11 is 0. The van der Waals surface area contributed by atoms with E-state index in [4.69, 9.17) is 0 Å². The average Bonchev–Trinajstić information content (AvgIpc) is 2.76. The molecule has 2 heterocycles. The van der Waals surface area contributed by atoms with E-state index in [9.17, 15) is 5.11 Å². The van der Waals surface area contributed by atoms with Crippen LogP contribution < -0.4 is 4.90 Å². The Morgan fingerprint density at radius 2 is 1.76 bits per heavy atom. The fourth-order valence-electron chi connectivity index (χ4n) is 5.02. The third kappa shape index (κ3) is 4.66. The Bertz CT molecular complexity index is 800. The summed E-state index contributed by atoms with van der Waals surface area (Å²) in [4.78, 5) is 7.65. The Hall–Kier alpha value is -1.88. The first-order chi connectivity index (χ1) is 14.2. The van der Waals surface area contributed by atoms with Crippen molar-refractivity contribution in [1.29, 1.82) is 0 Å². The van der Waals surface area contributed by atoms with Crippen LogP contribution in [0, 0.1) is 6.92 Å². The van der Waals surface area contributed by atoms with Gasteiger partial charge in [-0.2, -0.15) is 0 Å². The van der Waals surface area contributed by atoms with Gasteiger partial charge in [0.25, 0.3) is 0 Å². The van der Waals surface area contributed by atoms with E-state index in [0.717, 1.165) is 39.1 Å². The van der Waals surface area contributed by atoms with E-state index in [0.29, 0.717) is 18.7 Å². The number of anilines is 1. The molecular formula is C25H35N3O. The van der Waals surface area contributed by atoms with Crippen LogP contribution in [0.2, 0.25) is 0 Å². The highest BCUT2D eigenvalue weighted by Crippen LogP contribution is 2.29. The van der Waals surface area contributed by atoms with Crippen molar-refractivity contribution in [2.75, 3.05) is 51.3 Å². The smallest absolute Gasteiger partial charge is 0.0446 e. The van der Waals surface area contributed by atoms with Gasteiger partial charge in [0.2, 0.25) is 0 Å². The van der Waals surface area contributed by atoms with E-state index in [1.54, 1.807) is 0 Å². The summed E-state index contributed by atoms with van der Waals surface area (Å²) in [6, 6.07) is 18.9. The predicted octanol–water partition coefficient (Wildman–Crippen LogP) is 3.63. The molecule has 4 heteroatoms. The average molecular weight is 394 g/mol. The number of likely N-dealkylation sites (N-methyl/N-ethyl adjacent to an activating group) is 1. The number of aryl methyl sites for hydroxylation is 1. The zero-order chi connectivity index (χ0) is 20.2. The van der Waals surface area contributed by atoms with Crippen LogP contribution in [0.15, 0.2) is 48.5 Å². The highest BCUT2D eigenvalue weighted by atomic mass is 16.3. The highest BCUT2D eigenvalue weighted by molar-refractivity contribution is 5.71. The van der Waals surface area contributed by atoms with Gasteiger partial charge in [0.15, 0.2) is 0 Å². The zero-order valence-corrected chi connectivity index (χ0v) is 17.9. The molecule has 2 aliphatic heterocycles. The third-order valence-corrected chi connectivity index (χ3v) is 6.92. The number of hydrogen-bond donors (Lipinski definition) is 1.